The summed E-state index contributed by atoms with van der Waals surface area (Å²) >= 11 is 0. The summed E-state index contributed by atoms with van der Waals surface area (Å²) < 4.78 is 5.17. The van der Waals surface area contributed by atoms with Gasteiger partial charge in [-0.05, 0) is 25.1 Å². The highest BCUT2D eigenvalue weighted by atomic mass is 16.5. The Kier molecular flexibility index (Phi) is 1.96. The molecule has 1 atom stereocenters. The maximum atomic E-state index is 5.17. The zero-order chi connectivity index (χ0) is 10.1. The number of nitrogens with one attached hydrogen (secondary N) is 1. The lowest BCUT2D eigenvalue weighted by Crippen LogP contribution is -2.35. The molecular formula is C10H10N4O. The number of nitrogens with zero attached hydrogens (tertiary/aromatic N) is 3. The fourth-order valence-electron chi connectivity index (χ4n) is 1.49. The van der Waals surface area contributed by atoms with E-state index >= 15 is 0 Å². The van der Waals surface area contributed by atoms with Crippen LogP contribution in [0.2, 0.25) is 0 Å². The van der Waals surface area contributed by atoms with Crippen LogP contribution in [0.4, 0.5) is 0 Å². The molecule has 0 aromatic carbocycles. The lowest BCUT2D eigenvalue weighted by molar-refractivity contribution is 0.273. The molecule has 0 radical (unpaired) electrons. The van der Waals surface area contributed by atoms with E-state index in [4.69, 9.17) is 4.52 Å². The quantitative estimate of drug-likeness (QED) is 0.791. The molecule has 0 spiro atoms. The molecule has 2 aromatic heterocycles. The molecule has 5 heteroatoms. The minimum Gasteiger partial charge on any atom is -0.337 e. The van der Waals surface area contributed by atoms with E-state index in [1.54, 1.807) is 12.4 Å². The van der Waals surface area contributed by atoms with E-state index in [1.165, 1.54) is 0 Å². The Bertz CT molecular complexity index is 449. The van der Waals surface area contributed by atoms with Crippen LogP contribution < -0.4 is 5.32 Å². The van der Waals surface area contributed by atoms with E-state index < -0.39 is 0 Å². The van der Waals surface area contributed by atoms with Crippen LogP contribution in [0.15, 0.2) is 29.0 Å². The summed E-state index contributed by atoms with van der Waals surface area (Å²) in [6, 6.07) is 4.01. The van der Waals surface area contributed by atoms with Crippen LogP contribution in [0.1, 0.15) is 18.4 Å². The van der Waals surface area contributed by atoms with Crippen molar-refractivity contribution in [3.05, 3.63) is 30.4 Å². The van der Waals surface area contributed by atoms with Crippen LogP contribution in [0.5, 0.6) is 0 Å². The number of hydrogen-bond acceptors (Lipinski definition) is 5. The van der Waals surface area contributed by atoms with Gasteiger partial charge in [0, 0.05) is 18.0 Å². The molecule has 0 amide bonds. The molecule has 3 rings (SSSR count). The average molecular weight is 202 g/mol. The lowest BCUT2D eigenvalue weighted by Gasteiger charge is -2.23. The fourth-order valence-corrected chi connectivity index (χ4v) is 1.49. The first-order valence-electron chi connectivity index (χ1n) is 4.91. The topological polar surface area (TPSA) is 63.8 Å². The predicted molar refractivity (Wildman–Crippen MR) is 52.9 cm³/mol. The fraction of sp³-hybridized carbons (Fsp3) is 0.300. The van der Waals surface area contributed by atoms with E-state index in [0.29, 0.717) is 11.7 Å². The van der Waals surface area contributed by atoms with Gasteiger partial charge in [-0.15, -0.1) is 0 Å². The Morgan fingerprint density at radius 2 is 2.40 bits per heavy atom. The second-order valence-electron chi connectivity index (χ2n) is 3.49. The highest BCUT2D eigenvalue weighted by Crippen LogP contribution is 2.23. The molecule has 1 fully saturated rings. The first kappa shape index (κ1) is 8.55. The standard InChI is InChI=1S/C10H10N4O/c1-2-7(6-11-4-1)9-13-10(15-14-9)8-3-5-12-8/h1-2,4,6,8,12H,3,5H2/t8-/m1/s1. The van der Waals surface area contributed by atoms with Gasteiger partial charge in [-0.2, -0.15) is 4.98 Å². The summed E-state index contributed by atoms with van der Waals surface area (Å²) in [5.74, 6) is 1.27. The highest BCUT2D eigenvalue weighted by Gasteiger charge is 2.24. The molecule has 5 nitrogen and oxygen atoms in total. The van der Waals surface area contributed by atoms with E-state index in [1.807, 2.05) is 12.1 Å². The van der Waals surface area contributed by atoms with Gasteiger partial charge < -0.3 is 9.84 Å². The molecule has 0 saturated carbocycles. The molecule has 3 heterocycles. The van der Waals surface area contributed by atoms with Crippen molar-refractivity contribution in [3.63, 3.8) is 0 Å². The Hall–Kier alpha value is -1.75. The molecule has 1 N–H and O–H groups in total. The van der Waals surface area contributed by atoms with Crippen LogP contribution in [0, 0.1) is 0 Å². The van der Waals surface area contributed by atoms with E-state index in [2.05, 4.69) is 20.4 Å². The predicted octanol–water partition coefficient (Wildman–Crippen LogP) is 1.17. The van der Waals surface area contributed by atoms with Crippen molar-refractivity contribution >= 4 is 0 Å². The maximum absolute atomic E-state index is 5.17. The van der Waals surface area contributed by atoms with Crippen molar-refractivity contribution in [2.45, 2.75) is 12.5 Å². The minimum absolute atomic E-state index is 0.239. The largest absolute Gasteiger partial charge is 0.337 e. The summed E-state index contributed by atoms with van der Waals surface area (Å²) in [6.45, 7) is 1.02. The zero-order valence-corrected chi connectivity index (χ0v) is 8.05. The average Bonchev–Trinajstić information content (AvgIpc) is 2.66. The Morgan fingerprint density at radius 3 is 3.07 bits per heavy atom. The Labute approximate surface area is 86.5 Å². The van der Waals surface area contributed by atoms with E-state index in [0.717, 1.165) is 18.5 Å². The monoisotopic (exact) mass is 202 g/mol. The molecule has 76 valence electrons. The first-order chi connectivity index (χ1) is 7.43. The maximum Gasteiger partial charge on any atom is 0.244 e. The molecule has 1 aliphatic heterocycles. The van der Waals surface area contributed by atoms with Gasteiger partial charge in [0.2, 0.25) is 11.7 Å². The van der Waals surface area contributed by atoms with Crippen LogP contribution in [-0.2, 0) is 0 Å². The normalized spacial score (nSPS) is 19.9. The van der Waals surface area contributed by atoms with Gasteiger partial charge in [-0.1, -0.05) is 5.16 Å². The van der Waals surface area contributed by atoms with E-state index in [9.17, 15) is 0 Å². The van der Waals surface area contributed by atoms with Crippen molar-refractivity contribution in [3.8, 4) is 11.4 Å². The first-order valence-corrected chi connectivity index (χ1v) is 4.91. The molecule has 0 unspecified atom stereocenters. The number of aromatic nitrogens is 3. The molecule has 1 aliphatic rings. The third kappa shape index (κ3) is 1.50. The smallest absolute Gasteiger partial charge is 0.244 e. The van der Waals surface area contributed by atoms with Gasteiger partial charge in [-0.25, -0.2) is 0 Å². The van der Waals surface area contributed by atoms with Crippen LogP contribution in [0.25, 0.3) is 11.4 Å². The van der Waals surface area contributed by atoms with Gasteiger partial charge in [0.15, 0.2) is 0 Å². The summed E-state index contributed by atoms with van der Waals surface area (Å²) in [7, 11) is 0. The van der Waals surface area contributed by atoms with Gasteiger partial charge >= 0.3 is 0 Å². The second kappa shape index (κ2) is 3.43. The van der Waals surface area contributed by atoms with Crippen molar-refractivity contribution in [1.29, 1.82) is 0 Å². The number of rotatable bonds is 2. The summed E-state index contributed by atoms with van der Waals surface area (Å²) in [4.78, 5) is 8.33. The van der Waals surface area contributed by atoms with Crippen molar-refractivity contribution in [2.24, 2.45) is 0 Å². The SMILES string of the molecule is c1cncc(-c2noc([C@H]3CCN3)n2)c1. The molecule has 2 aromatic rings. The van der Waals surface area contributed by atoms with Crippen LogP contribution in [-0.4, -0.2) is 21.7 Å². The number of hydrogen-bond donors (Lipinski definition) is 1. The summed E-state index contributed by atoms with van der Waals surface area (Å²) in [5, 5.41) is 7.14. The third-order valence-corrected chi connectivity index (χ3v) is 2.48. The highest BCUT2D eigenvalue weighted by molar-refractivity contribution is 5.51. The minimum atomic E-state index is 0.239. The van der Waals surface area contributed by atoms with Gasteiger partial charge in [0.25, 0.3) is 0 Å². The van der Waals surface area contributed by atoms with Gasteiger partial charge in [0.1, 0.15) is 0 Å². The Balaban J connectivity index is 1.90. The Morgan fingerprint density at radius 1 is 1.47 bits per heavy atom. The molecule has 1 saturated heterocycles. The lowest BCUT2D eigenvalue weighted by atomic mass is 10.1. The number of pyridine rings is 1. The molecular weight excluding hydrogens is 192 g/mol. The van der Waals surface area contributed by atoms with Crippen LogP contribution in [0.3, 0.4) is 0 Å². The summed E-state index contributed by atoms with van der Waals surface area (Å²) in [5.41, 5.74) is 0.881. The second-order valence-corrected chi connectivity index (χ2v) is 3.49. The van der Waals surface area contributed by atoms with Crippen LogP contribution >= 0.6 is 0 Å². The van der Waals surface area contributed by atoms with Gasteiger partial charge in [-0.3, -0.25) is 4.98 Å². The third-order valence-electron chi connectivity index (χ3n) is 2.48. The molecule has 0 bridgehead atoms. The molecule has 15 heavy (non-hydrogen) atoms. The van der Waals surface area contributed by atoms with Crippen molar-refractivity contribution in [2.75, 3.05) is 6.54 Å². The molecule has 0 aliphatic carbocycles. The zero-order valence-electron chi connectivity index (χ0n) is 8.05. The van der Waals surface area contributed by atoms with Gasteiger partial charge in [0.05, 0.1) is 6.04 Å². The van der Waals surface area contributed by atoms with E-state index in [-0.39, 0.29) is 6.04 Å². The van der Waals surface area contributed by atoms with Crippen molar-refractivity contribution in [1.82, 2.24) is 20.4 Å². The summed E-state index contributed by atoms with van der Waals surface area (Å²) in [6.07, 6.45) is 4.51. The van der Waals surface area contributed by atoms with Crippen molar-refractivity contribution < 1.29 is 4.52 Å².